The lowest BCUT2D eigenvalue weighted by Crippen LogP contribution is -1.98. The molecule has 2 heteroatoms. The normalized spacial score (nSPS) is 10.8. The number of hydrogen-bond donors (Lipinski definition) is 0. The van der Waals surface area contributed by atoms with Gasteiger partial charge in [0.05, 0.1) is 6.61 Å². The lowest BCUT2D eigenvalue weighted by atomic mass is 10.1. The van der Waals surface area contributed by atoms with E-state index < -0.39 is 0 Å². The van der Waals surface area contributed by atoms with Gasteiger partial charge in [-0.1, -0.05) is 57.7 Å². The second kappa shape index (κ2) is 10.9. The fraction of sp³-hybridized carbons (Fsp3) is 0.500. The van der Waals surface area contributed by atoms with Gasteiger partial charge in [0.15, 0.2) is 0 Å². The van der Waals surface area contributed by atoms with Crippen LogP contribution in [-0.2, 0) is 19.3 Å². The molecule has 2 rings (SSSR count). The molecular formula is C22H31NO. The molecule has 0 saturated carbocycles. The Kier molecular flexibility index (Phi) is 8.37. The lowest BCUT2D eigenvalue weighted by Gasteiger charge is -2.07. The minimum Gasteiger partial charge on any atom is -0.494 e. The molecule has 0 unspecified atom stereocenters. The minimum atomic E-state index is 0.827. The van der Waals surface area contributed by atoms with E-state index in [9.17, 15) is 0 Å². The molecule has 2 nitrogen and oxygen atoms in total. The van der Waals surface area contributed by atoms with E-state index >= 15 is 0 Å². The van der Waals surface area contributed by atoms with Crippen molar-refractivity contribution in [1.29, 1.82) is 0 Å². The molecule has 24 heavy (non-hydrogen) atoms. The van der Waals surface area contributed by atoms with E-state index in [1.54, 1.807) is 0 Å². The third kappa shape index (κ3) is 6.74. The van der Waals surface area contributed by atoms with Crippen LogP contribution in [0, 0.1) is 0 Å². The molecular weight excluding hydrogens is 294 g/mol. The maximum atomic E-state index is 5.79. The Hall–Kier alpha value is -1.83. The average Bonchev–Trinajstić information content (AvgIpc) is 2.62. The van der Waals surface area contributed by atoms with Gasteiger partial charge in [-0.25, -0.2) is 0 Å². The summed E-state index contributed by atoms with van der Waals surface area (Å²) in [6.07, 6.45) is 11.3. The molecule has 1 aromatic carbocycles. The van der Waals surface area contributed by atoms with Gasteiger partial charge >= 0.3 is 0 Å². The number of benzene rings is 1. The maximum Gasteiger partial charge on any atom is 0.119 e. The molecule has 0 fully saturated rings. The van der Waals surface area contributed by atoms with Crippen molar-refractivity contribution in [1.82, 2.24) is 4.98 Å². The van der Waals surface area contributed by atoms with Gasteiger partial charge in [-0.05, 0) is 55.0 Å². The molecule has 2 aromatic rings. The van der Waals surface area contributed by atoms with Crippen molar-refractivity contribution in [3.63, 3.8) is 0 Å². The minimum absolute atomic E-state index is 0.827. The van der Waals surface area contributed by atoms with Crippen molar-refractivity contribution >= 4 is 0 Å². The topological polar surface area (TPSA) is 22.1 Å². The Bertz CT molecular complexity index is 560. The number of hydrogen-bond acceptors (Lipinski definition) is 2. The van der Waals surface area contributed by atoms with Gasteiger partial charge in [0.2, 0.25) is 0 Å². The van der Waals surface area contributed by atoms with Crippen LogP contribution in [0.3, 0.4) is 0 Å². The third-order valence-corrected chi connectivity index (χ3v) is 4.28. The van der Waals surface area contributed by atoms with E-state index in [-0.39, 0.29) is 0 Å². The van der Waals surface area contributed by atoms with E-state index in [0.717, 1.165) is 38.0 Å². The first-order valence-corrected chi connectivity index (χ1v) is 9.47. The monoisotopic (exact) mass is 325 g/mol. The van der Waals surface area contributed by atoms with Crippen LogP contribution in [0.5, 0.6) is 5.75 Å². The molecule has 1 heterocycles. The van der Waals surface area contributed by atoms with Gasteiger partial charge in [0.25, 0.3) is 0 Å². The number of pyridine rings is 1. The molecule has 0 aliphatic heterocycles. The van der Waals surface area contributed by atoms with Gasteiger partial charge in [0, 0.05) is 11.9 Å². The maximum absolute atomic E-state index is 5.79. The highest BCUT2D eigenvalue weighted by Gasteiger charge is 2.00. The van der Waals surface area contributed by atoms with Gasteiger partial charge in [-0.15, -0.1) is 0 Å². The average molecular weight is 325 g/mol. The van der Waals surface area contributed by atoms with Crippen LogP contribution in [-0.4, -0.2) is 11.6 Å². The van der Waals surface area contributed by atoms with Crippen molar-refractivity contribution in [3.05, 3.63) is 59.4 Å². The number of ether oxygens (including phenoxy) is 1. The van der Waals surface area contributed by atoms with Gasteiger partial charge < -0.3 is 4.74 Å². The van der Waals surface area contributed by atoms with Crippen LogP contribution >= 0.6 is 0 Å². The van der Waals surface area contributed by atoms with Crippen LogP contribution in [0.25, 0.3) is 0 Å². The van der Waals surface area contributed by atoms with Crippen molar-refractivity contribution in [2.75, 3.05) is 6.61 Å². The molecule has 0 amide bonds. The highest BCUT2D eigenvalue weighted by atomic mass is 16.5. The molecule has 0 saturated heterocycles. The van der Waals surface area contributed by atoms with E-state index in [0.29, 0.717) is 0 Å². The summed E-state index contributed by atoms with van der Waals surface area (Å²) < 4.78 is 5.79. The van der Waals surface area contributed by atoms with Crippen LogP contribution in [0.2, 0.25) is 0 Å². The largest absolute Gasteiger partial charge is 0.494 e. The Labute approximate surface area is 147 Å². The first-order valence-electron chi connectivity index (χ1n) is 9.47. The van der Waals surface area contributed by atoms with Gasteiger partial charge in [-0.2, -0.15) is 0 Å². The number of rotatable bonds is 11. The third-order valence-electron chi connectivity index (χ3n) is 4.28. The predicted octanol–water partition coefficient (Wildman–Crippen LogP) is 5.78. The second-order valence-corrected chi connectivity index (χ2v) is 6.46. The zero-order valence-electron chi connectivity index (χ0n) is 15.3. The van der Waals surface area contributed by atoms with E-state index in [1.807, 2.05) is 6.20 Å². The van der Waals surface area contributed by atoms with E-state index in [4.69, 9.17) is 4.74 Å². The summed E-state index contributed by atoms with van der Waals surface area (Å²) >= 11 is 0. The zero-order valence-corrected chi connectivity index (χ0v) is 15.3. The molecule has 0 spiro atoms. The standard InChI is InChI=1S/C22H31NO/c1-3-5-6-7-17-24-22-15-11-19(12-16-22)9-13-21-14-10-20(8-4-2)18-23-21/h10-12,14-16,18H,3-9,13,17H2,1-2H3. The predicted molar refractivity (Wildman–Crippen MR) is 102 cm³/mol. The Morgan fingerprint density at radius 1 is 0.750 bits per heavy atom. The summed E-state index contributed by atoms with van der Waals surface area (Å²) in [6.45, 7) is 5.26. The van der Waals surface area contributed by atoms with Gasteiger partial charge in [0.1, 0.15) is 5.75 Å². The first-order chi connectivity index (χ1) is 11.8. The molecule has 0 radical (unpaired) electrons. The molecule has 1 aromatic heterocycles. The number of nitrogens with zero attached hydrogens (tertiary/aromatic N) is 1. The summed E-state index contributed by atoms with van der Waals surface area (Å²) in [4.78, 5) is 4.57. The number of unbranched alkanes of at least 4 members (excludes halogenated alkanes) is 3. The zero-order chi connectivity index (χ0) is 17.0. The van der Waals surface area contributed by atoms with Crippen LogP contribution in [0.4, 0.5) is 0 Å². The highest BCUT2D eigenvalue weighted by molar-refractivity contribution is 5.28. The Morgan fingerprint density at radius 2 is 1.54 bits per heavy atom. The van der Waals surface area contributed by atoms with E-state index in [2.05, 4.69) is 55.2 Å². The lowest BCUT2D eigenvalue weighted by molar-refractivity contribution is 0.305. The Balaban J connectivity index is 1.73. The van der Waals surface area contributed by atoms with Crippen molar-refractivity contribution < 1.29 is 4.74 Å². The number of aryl methyl sites for hydroxylation is 3. The second-order valence-electron chi connectivity index (χ2n) is 6.46. The van der Waals surface area contributed by atoms with Crippen LogP contribution in [0.15, 0.2) is 42.6 Å². The molecule has 0 bridgehead atoms. The highest BCUT2D eigenvalue weighted by Crippen LogP contribution is 2.15. The Morgan fingerprint density at radius 3 is 2.21 bits per heavy atom. The van der Waals surface area contributed by atoms with Gasteiger partial charge in [-0.3, -0.25) is 4.98 Å². The fourth-order valence-electron chi connectivity index (χ4n) is 2.78. The molecule has 0 aliphatic rings. The fourth-order valence-corrected chi connectivity index (χ4v) is 2.78. The molecule has 130 valence electrons. The summed E-state index contributed by atoms with van der Waals surface area (Å²) in [5.41, 5.74) is 3.85. The summed E-state index contributed by atoms with van der Waals surface area (Å²) in [7, 11) is 0. The summed E-state index contributed by atoms with van der Waals surface area (Å²) in [6, 6.07) is 12.9. The SMILES string of the molecule is CCCCCCOc1ccc(CCc2ccc(CCC)cn2)cc1. The first kappa shape index (κ1) is 18.5. The molecule has 0 N–H and O–H groups in total. The quantitative estimate of drug-likeness (QED) is 0.489. The number of aromatic nitrogens is 1. The molecule has 0 atom stereocenters. The summed E-state index contributed by atoms with van der Waals surface area (Å²) in [5.74, 6) is 0.984. The van der Waals surface area contributed by atoms with Crippen molar-refractivity contribution in [2.24, 2.45) is 0 Å². The van der Waals surface area contributed by atoms with Crippen molar-refractivity contribution in [3.8, 4) is 5.75 Å². The summed E-state index contributed by atoms with van der Waals surface area (Å²) in [5, 5.41) is 0. The van der Waals surface area contributed by atoms with E-state index in [1.165, 1.54) is 42.5 Å². The molecule has 0 aliphatic carbocycles. The van der Waals surface area contributed by atoms with Crippen LogP contribution in [0.1, 0.15) is 62.8 Å². The van der Waals surface area contributed by atoms with Crippen molar-refractivity contribution in [2.45, 2.75) is 65.2 Å². The van der Waals surface area contributed by atoms with Crippen LogP contribution < -0.4 is 4.74 Å². The smallest absolute Gasteiger partial charge is 0.119 e.